The number of hydrogen-bond acceptors (Lipinski definition) is 4. The molecule has 0 aliphatic carbocycles. The van der Waals surface area contributed by atoms with Gasteiger partial charge in [0.25, 0.3) is 5.91 Å². The molecule has 5 heteroatoms. The summed E-state index contributed by atoms with van der Waals surface area (Å²) in [5.41, 5.74) is -0.189. The molecule has 0 saturated carbocycles. The van der Waals surface area contributed by atoms with Crippen molar-refractivity contribution in [2.24, 2.45) is 5.10 Å². The van der Waals surface area contributed by atoms with Crippen LogP contribution in [0.1, 0.15) is 20.8 Å². The third-order valence-electron chi connectivity index (χ3n) is 2.89. The van der Waals surface area contributed by atoms with Crippen LogP contribution in [0.5, 0.6) is 0 Å². The maximum atomic E-state index is 12.3. The van der Waals surface area contributed by atoms with E-state index in [1.807, 2.05) is 18.2 Å². The van der Waals surface area contributed by atoms with Crippen LogP contribution in [0.2, 0.25) is 0 Å². The van der Waals surface area contributed by atoms with E-state index in [1.165, 1.54) is 11.9 Å². The van der Waals surface area contributed by atoms with E-state index < -0.39 is 11.6 Å². The molecular weight excluding hydrogens is 232 g/mol. The molecule has 5 nitrogen and oxygen atoms in total. The molecule has 0 bridgehead atoms. The fraction of sp³-hybridized carbons (Fsp3) is 0.308. The highest BCUT2D eigenvalue weighted by Crippen LogP contribution is 2.28. The molecule has 0 aromatic heterocycles. The molecule has 1 atom stereocenters. The number of carbonyl (C=O) groups is 2. The number of ether oxygens (including phenoxy) is 1. The second kappa shape index (κ2) is 4.25. The van der Waals surface area contributed by atoms with Gasteiger partial charge in [-0.1, -0.05) is 18.2 Å². The van der Waals surface area contributed by atoms with Gasteiger partial charge in [0.15, 0.2) is 0 Å². The molecule has 0 fully saturated rings. The number of para-hydroxylation sites is 1. The summed E-state index contributed by atoms with van der Waals surface area (Å²) in [7, 11) is 0. The van der Waals surface area contributed by atoms with Crippen LogP contribution in [-0.2, 0) is 14.3 Å². The fourth-order valence-corrected chi connectivity index (χ4v) is 1.80. The predicted octanol–water partition coefficient (Wildman–Crippen LogP) is 1.73. The second-order valence-electron chi connectivity index (χ2n) is 4.26. The van der Waals surface area contributed by atoms with Crippen LogP contribution >= 0.6 is 0 Å². The first kappa shape index (κ1) is 12.3. The van der Waals surface area contributed by atoms with Gasteiger partial charge in [0, 0.05) is 6.92 Å². The quantitative estimate of drug-likeness (QED) is 0.747. The number of amides is 1. The van der Waals surface area contributed by atoms with Crippen molar-refractivity contribution in [1.29, 1.82) is 0 Å². The van der Waals surface area contributed by atoms with Gasteiger partial charge >= 0.3 is 5.97 Å². The minimum absolute atomic E-state index is 0.360. The lowest BCUT2D eigenvalue weighted by molar-refractivity contribution is -0.155. The largest absolute Gasteiger partial charge is 0.443 e. The van der Waals surface area contributed by atoms with E-state index in [9.17, 15) is 9.59 Å². The monoisotopic (exact) mass is 246 g/mol. The zero-order chi connectivity index (χ0) is 13.3. The Hall–Kier alpha value is -2.17. The molecule has 94 valence electrons. The van der Waals surface area contributed by atoms with Gasteiger partial charge in [-0.15, -0.1) is 0 Å². The molecule has 1 aromatic rings. The predicted molar refractivity (Wildman–Crippen MR) is 67.2 cm³/mol. The molecule has 1 unspecified atom stereocenters. The SMILES string of the molecule is CC(=O)OC1(C)C(=O)N(c2ccccc2)N=C1C. The number of benzene rings is 1. The Labute approximate surface area is 105 Å². The molecule has 1 aliphatic heterocycles. The van der Waals surface area contributed by atoms with Gasteiger partial charge in [-0.2, -0.15) is 10.1 Å². The number of carbonyl (C=O) groups excluding carboxylic acids is 2. The van der Waals surface area contributed by atoms with Gasteiger partial charge in [-0.25, -0.2) is 0 Å². The summed E-state index contributed by atoms with van der Waals surface area (Å²) in [6, 6.07) is 9.03. The van der Waals surface area contributed by atoms with E-state index in [0.29, 0.717) is 11.4 Å². The first-order valence-electron chi connectivity index (χ1n) is 5.60. The summed E-state index contributed by atoms with van der Waals surface area (Å²) in [4.78, 5) is 23.4. The molecule has 0 N–H and O–H groups in total. The topological polar surface area (TPSA) is 59.0 Å². The maximum Gasteiger partial charge on any atom is 0.304 e. The number of hydrogen-bond donors (Lipinski definition) is 0. The maximum absolute atomic E-state index is 12.3. The van der Waals surface area contributed by atoms with E-state index in [1.54, 1.807) is 26.0 Å². The van der Waals surface area contributed by atoms with Crippen molar-refractivity contribution in [2.75, 3.05) is 5.01 Å². The average Bonchev–Trinajstić information content (AvgIpc) is 2.54. The Bertz CT molecular complexity index is 524. The third-order valence-corrected chi connectivity index (χ3v) is 2.89. The highest BCUT2D eigenvalue weighted by atomic mass is 16.6. The first-order chi connectivity index (χ1) is 8.45. The van der Waals surface area contributed by atoms with Gasteiger partial charge in [0.05, 0.1) is 11.4 Å². The van der Waals surface area contributed by atoms with E-state index >= 15 is 0 Å². The van der Waals surface area contributed by atoms with E-state index in [-0.39, 0.29) is 5.91 Å². The number of anilines is 1. The minimum Gasteiger partial charge on any atom is -0.443 e. The number of hydrazone groups is 1. The van der Waals surface area contributed by atoms with E-state index in [4.69, 9.17) is 4.74 Å². The highest BCUT2D eigenvalue weighted by Gasteiger charge is 2.48. The molecule has 1 aromatic carbocycles. The molecular formula is C13H14N2O3. The fourth-order valence-electron chi connectivity index (χ4n) is 1.80. The zero-order valence-corrected chi connectivity index (χ0v) is 10.5. The Morgan fingerprint density at radius 1 is 1.33 bits per heavy atom. The lowest BCUT2D eigenvalue weighted by Gasteiger charge is -2.23. The Kier molecular flexibility index (Phi) is 2.90. The lowest BCUT2D eigenvalue weighted by Crippen LogP contribution is -2.46. The molecule has 18 heavy (non-hydrogen) atoms. The molecule has 2 rings (SSSR count). The summed E-state index contributed by atoms with van der Waals surface area (Å²) < 4.78 is 5.11. The molecule has 1 amide bonds. The van der Waals surface area contributed by atoms with Crippen LogP contribution in [0.4, 0.5) is 5.69 Å². The van der Waals surface area contributed by atoms with Crippen molar-refractivity contribution < 1.29 is 14.3 Å². The van der Waals surface area contributed by atoms with E-state index in [2.05, 4.69) is 5.10 Å². The number of nitrogens with zero attached hydrogens (tertiary/aromatic N) is 2. The Balaban J connectivity index is 2.35. The molecule has 1 aliphatic rings. The van der Waals surface area contributed by atoms with Crippen LogP contribution in [0.15, 0.2) is 35.4 Å². The van der Waals surface area contributed by atoms with Crippen molar-refractivity contribution in [1.82, 2.24) is 0 Å². The highest BCUT2D eigenvalue weighted by molar-refractivity contribution is 6.21. The van der Waals surface area contributed by atoms with Crippen molar-refractivity contribution >= 4 is 23.3 Å². The Morgan fingerprint density at radius 2 is 1.94 bits per heavy atom. The summed E-state index contributed by atoms with van der Waals surface area (Å²) in [6.07, 6.45) is 0. The van der Waals surface area contributed by atoms with Gasteiger partial charge < -0.3 is 4.74 Å². The summed E-state index contributed by atoms with van der Waals surface area (Å²) in [6.45, 7) is 4.50. The van der Waals surface area contributed by atoms with Crippen LogP contribution in [0.25, 0.3) is 0 Å². The van der Waals surface area contributed by atoms with Gasteiger partial charge in [0.1, 0.15) is 0 Å². The molecule has 0 radical (unpaired) electrons. The molecule has 0 saturated heterocycles. The van der Waals surface area contributed by atoms with Crippen LogP contribution in [0.3, 0.4) is 0 Å². The number of rotatable bonds is 2. The van der Waals surface area contributed by atoms with Crippen molar-refractivity contribution in [3.05, 3.63) is 30.3 Å². The molecule has 1 heterocycles. The van der Waals surface area contributed by atoms with Crippen LogP contribution < -0.4 is 5.01 Å². The van der Waals surface area contributed by atoms with Crippen LogP contribution in [-0.4, -0.2) is 23.2 Å². The second-order valence-corrected chi connectivity index (χ2v) is 4.26. The van der Waals surface area contributed by atoms with E-state index in [0.717, 1.165) is 0 Å². The summed E-state index contributed by atoms with van der Waals surface area (Å²) >= 11 is 0. The van der Waals surface area contributed by atoms with Gasteiger partial charge in [-0.3, -0.25) is 9.59 Å². The standard InChI is InChI=1S/C13H14N2O3/c1-9-13(3,18-10(2)16)12(17)15(14-9)11-7-5-4-6-8-11/h4-8H,1-3H3. The van der Waals surface area contributed by atoms with Gasteiger partial charge in [0.2, 0.25) is 5.60 Å². The normalized spacial score (nSPS) is 22.9. The zero-order valence-electron chi connectivity index (χ0n) is 10.5. The van der Waals surface area contributed by atoms with Crippen LogP contribution in [0, 0.1) is 0 Å². The summed E-state index contributed by atoms with van der Waals surface area (Å²) in [5, 5.41) is 5.43. The van der Waals surface area contributed by atoms with Crippen molar-refractivity contribution in [3.8, 4) is 0 Å². The van der Waals surface area contributed by atoms with Crippen molar-refractivity contribution in [3.63, 3.8) is 0 Å². The summed E-state index contributed by atoms with van der Waals surface area (Å²) in [5.74, 6) is -0.864. The number of esters is 1. The average molecular weight is 246 g/mol. The van der Waals surface area contributed by atoms with Crippen molar-refractivity contribution in [2.45, 2.75) is 26.4 Å². The Morgan fingerprint density at radius 3 is 2.50 bits per heavy atom. The third kappa shape index (κ3) is 1.88. The molecule has 0 spiro atoms. The minimum atomic E-state index is -1.30. The van der Waals surface area contributed by atoms with Gasteiger partial charge in [-0.05, 0) is 26.0 Å². The first-order valence-corrected chi connectivity index (χ1v) is 5.60. The smallest absolute Gasteiger partial charge is 0.304 e. The lowest BCUT2D eigenvalue weighted by atomic mass is 10.0.